The average Bonchev–Trinajstić information content (AvgIpc) is 2.46. The van der Waals surface area contributed by atoms with Gasteiger partial charge in [-0.2, -0.15) is 0 Å². The van der Waals surface area contributed by atoms with E-state index in [-0.39, 0.29) is 23.8 Å². The number of sulfonamides is 1. The first-order valence-electron chi connectivity index (χ1n) is 8.72. The molecule has 2 aliphatic heterocycles. The number of nitrogens with one attached hydrogen (secondary N) is 1. The zero-order valence-electron chi connectivity index (χ0n) is 15.2. The van der Waals surface area contributed by atoms with Gasteiger partial charge < -0.3 is 15.0 Å². The third kappa shape index (κ3) is 5.89. The van der Waals surface area contributed by atoms with E-state index in [1.165, 1.54) is 10.6 Å². The van der Waals surface area contributed by atoms with Gasteiger partial charge in [0.05, 0.1) is 18.5 Å². The van der Waals surface area contributed by atoms with Crippen LogP contribution in [0.2, 0.25) is 0 Å². The summed E-state index contributed by atoms with van der Waals surface area (Å²) in [5.41, 5.74) is -0.224. The van der Waals surface area contributed by atoms with Crippen LogP contribution in [0.3, 0.4) is 0 Å². The van der Waals surface area contributed by atoms with Crippen LogP contribution < -0.4 is 5.32 Å². The molecular weight excluding hydrogens is 330 g/mol. The molecule has 2 rings (SSSR count). The first-order valence-corrected chi connectivity index (χ1v) is 10.6. The number of hydrogen-bond donors (Lipinski definition) is 1. The number of amides is 2. The second-order valence-electron chi connectivity index (χ2n) is 7.86. The van der Waals surface area contributed by atoms with Gasteiger partial charge in [0.2, 0.25) is 10.0 Å². The van der Waals surface area contributed by atoms with Gasteiger partial charge >= 0.3 is 6.03 Å². The summed E-state index contributed by atoms with van der Waals surface area (Å²) < 4.78 is 30.7. The Labute approximate surface area is 145 Å². The van der Waals surface area contributed by atoms with E-state index < -0.39 is 10.0 Å². The van der Waals surface area contributed by atoms with E-state index in [1.54, 1.807) is 0 Å². The number of ether oxygens (including phenoxy) is 1. The average molecular weight is 362 g/mol. The number of carbonyl (C=O) groups excluding carboxylic acids is 1. The number of hydrogen-bond acceptors (Lipinski definition) is 4. The zero-order chi connectivity index (χ0) is 18.0. The molecule has 0 aliphatic carbocycles. The lowest BCUT2D eigenvalue weighted by molar-refractivity contribution is -0.0547. The summed E-state index contributed by atoms with van der Waals surface area (Å²) in [7, 11) is -3.09. The fourth-order valence-corrected chi connectivity index (χ4v) is 4.04. The van der Waals surface area contributed by atoms with E-state index in [2.05, 4.69) is 5.32 Å². The Kier molecular flexibility index (Phi) is 6.14. The summed E-state index contributed by atoms with van der Waals surface area (Å²) in [6.07, 6.45) is 4.72. The summed E-state index contributed by atoms with van der Waals surface area (Å²) in [6, 6.07) is -0.0117. The van der Waals surface area contributed by atoms with Gasteiger partial charge in [0.25, 0.3) is 0 Å². The SMILES string of the molecule is CC(C)(C)NC(=O)N1CCC(OC2CCN(S(C)(=O)=O)CC2)CC1. The number of rotatable bonds is 3. The second-order valence-corrected chi connectivity index (χ2v) is 9.85. The minimum Gasteiger partial charge on any atom is -0.375 e. The number of likely N-dealkylation sites (tertiary alicyclic amines) is 1. The third-order valence-corrected chi connectivity index (χ3v) is 5.77. The first kappa shape index (κ1) is 19.5. The largest absolute Gasteiger partial charge is 0.375 e. The Morgan fingerprint density at radius 3 is 1.88 bits per heavy atom. The van der Waals surface area contributed by atoms with Gasteiger partial charge in [-0.05, 0) is 46.5 Å². The van der Waals surface area contributed by atoms with E-state index in [1.807, 2.05) is 25.7 Å². The molecule has 2 saturated heterocycles. The fourth-order valence-electron chi connectivity index (χ4n) is 3.17. The summed E-state index contributed by atoms with van der Waals surface area (Å²) in [6.45, 7) is 8.41. The molecule has 7 nitrogen and oxygen atoms in total. The molecule has 2 heterocycles. The summed E-state index contributed by atoms with van der Waals surface area (Å²) in [5.74, 6) is 0. The van der Waals surface area contributed by atoms with E-state index in [4.69, 9.17) is 4.74 Å². The van der Waals surface area contributed by atoms with Crippen molar-refractivity contribution in [2.75, 3.05) is 32.4 Å². The minimum absolute atomic E-state index is 0.0117. The van der Waals surface area contributed by atoms with Crippen molar-refractivity contribution in [3.63, 3.8) is 0 Å². The van der Waals surface area contributed by atoms with Crippen LogP contribution in [0, 0.1) is 0 Å². The smallest absolute Gasteiger partial charge is 0.317 e. The van der Waals surface area contributed by atoms with Gasteiger partial charge in [-0.3, -0.25) is 0 Å². The lowest BCUT2D eigenvalue weighted by Gasteiger charge is -2.37. The lowest BCUT2D eigenvalue weighted by Crippen LogP contribution is -2.51. The van der Waals surface area contributed by atoms with E-state index >= 15 is 0 Å². The quantitative estimate of drug-likeness (QED) is 0.824. The van der Waals surface area contributed by atoms with Gasteiger partial charge in [-0.1, -0.05) is 0 Å². The van der Waals surface area contributed by atoms with Crippen molar-refractivity contribution in [1.82, 2.24) is 14.5 Å². The van der Waals surface area contributed by atoms with Crippen LogP contribution in [0.25, 0.3) is 0 Å². The van der Waals surface area contributed by atoms with Crippen LogP contribution in [0.1, 0.15) is 46.5 Å². The Hall–Kier alpha value is -0.860. The maximum Gasteiger partial charge on any atom is 0.317 e. The monoisotopic (exact) mass is 361 g/mol. The van der Waals surface area contributed by atoms with Crippen LogP contribution in [0.15, 0.2) is 0 Å². The van der Waals surface area contributed by atoms with Crippen molar-refractivity contribution >= 4 is 16.1 Å². The molecular formula is C16H31N3O4S. The molecule has 0 aromatic carbocycles. The topological polar surface area (TPSA) is 79.0 Å². The highest BCUT2D eigenvalue weighted by Gasteiger charge is 2.30. The Morgan fingerprint density at radius 2 is 1.46 bits per heavy atom. The van der Waals surface area contributed by atoms with Crippen molar-refractivity contribution in [2.45, 2.75) is 64.2 Å². The van der Waals surface area contributed by atoms with Gasteiger partial charge in [-0.15, -0.1) is 0 Å². The van der Waals surface area contributed by atoms with Gasteiger partial charge in [0.15, 0.2) is 0 Å². The van der Waals surface area contributed by atoms with Crippen LogP contribution in [0.4, 0.5) is 4.79 Å². The zero-order valence-corrected chi connectivity index (χ0v) is 16.1. The Balaban J connectivity index is 1.71. The number of piperidine rings is 2. The number of urea groups is 1. The van der Waals surface area contributed by atoms with Crippen molar-refractivity contribution in [1.29, 1.82) is 0 Å². The molecule has 0 unspecified atom stereocenters. The molecule has 2 amide bonds. The third-order valence-electron chi connectivity index (χ3n) is 4.47. The fraction of sp³-hybridized carbons (Fsp3) is 0.938. The minimum atomic E-state index is -3.09. The summed E-state index contributed by atoms with van der Waals surface area (Å²) >= 11 is 0. The number of carbonyl (C=O) groups is 1. The van der Waals surface area contributed by atoms with Crippen molar-refractivity contribution < 1.29 is 17.9 Å². The van der Waals surface area contributed by atoms with Gasteiger partial charge in [0, 0.05) is 31.7 Å². The molecule has 2 fully saturated rings. The van der Waals surface area contributed by atoms with Crippen LogP contribution in [-0.4, -0.2) is 73.8 Å². The van der Waals surface area contributed by atoms with E-state index in [0.29, 0.717) is 26.2 Å². The standard InChI is InChI=1S/C16H31N3O4S/c1-16(2,3)17-15(20)18-9-5-13(6-10-18)23-14-7-11-19(12-8-14)24(4,21)22/h13-14H,5-12H2,1-4H3,(H,17,20). The predicted molar refractivity (Wildman–Crippen MR) is 93.4 cm³/mol. The first-order chi connectivity index (χ1) is 11.0. The van der Waals surface area contributed by atoms with Crippen LogP contribution >= 0.6 is 0 Å². The molecule has 8 heteroatoms. The van der Waals surface area contributed by atoms with Crippen LogP contribution in [-0.2, 0) is 14.8 Å². The molecule has 0 saturated carbocycles. The predicted octanol–water partition coefficient (Wildman–Crippen LogP) is 1.40. The summed E-state index contributed by atoms with van der Waals surface area (Å²) in [5, 5.41) is 2.99. The van der Waals surface area contributed by atoms with Gasteiger partial charge in [0.1, 0.15) is 0 Å². The number of nitrogens with zero attached hydrogens (tertiary/aromatic N) is 2. The van der Waals surface area contributed by atoms with E-state index in [0.717, 1.165) is 25.7 Å². The summed E-state index contributed by atoms with van der Waals surface area (Å²) in [4.78, 5) is 14.0. The molecule has 0 aromatic heterocycles. The Morgan fingerprint density at radius 1 is 1.00 bits per heavy atom. The lowest BCUT2D eigenvalue weighted by atomic mass is 10.1. The highest BCUT2D eigenvalue weighted by molar-refractivity contribution is 7.88. The van der Waals surface area contributed by atoms with Crippen LogP contribution in [0.5, 0.6) is 0 Å². The second kappa shape index (κ2) is 7.58. The Bertz CT molecular complexity index is 528. The maximum absolute atomic E-state index is 12.2. The maximum atomic E-state index is 12.2. The molecule has 0 radical (unpaired) electrons. The highest BCUT2D eigenvalue weighted by atomic mass is 32.2. The van der Waals surface area contributed by atoms with Crippen molar-refractivity contribution in [3.05, 3.63) is 0 Å². The molecule has 0 spiro atoms. The molecule has 0 bridgehead atoms. The molecule has 2 aliphatic rings. The van der Waals surface area contributed by atoms with Crippen molar-refractivity contribution in [2.24, 2.45) is 0 Å². The molecule has 140 valence electrons. The molecule has 0 atom stereocenters. The normalized spacial score (nSPS) is 22.6. The molecule has 24 heavy (non-hydrogen) atoms. The molecule has 0 aromatic rings. The van der Waals surface area contributed by atoms with E-state index in [9.17, 15) is 13.2 Å². The molecule has 1 N–H and O–H groups in total. The highest BCUT2D eigenvalue weighted by Crippen LogP contribution is 2.22. The van der Waals surface area contributed by atoms with Gasteiger partial charge in [-0.25, -0.2) is 17.5 Å². The van der Waals surface area contributed by atoms with Crippen molar-refractivity contribution in [3.8, 4) is 0 Å².